The van der Waals surface area contributed by atoms with Crippen molar-refractivity contribution in [2.75, 3.05) is 12.0 Å². The highest BCUT2D eigenvalue weighted by Gasteiger charge is 2.56. The first-order valence-electron chi connectivity index (χ1n) is 10.7. The zero-order valence-electron chi connectivity index (χ0n) is 18.7. The molecule has 1 N–H and O–H groups in total. The summed E-state index contributed by atoms with van der Waals surface area (Å²) in [5, 5.41) is 0.0959. The molecule has 2 aromatic carbocycles. The fourth-order valence-electron chi connectivity index (χ4n) is 4.55. The number of hydrogen-bond acceptors (Lipinski definition) is 6. The van der Waals surface area contributed by atoms with Crippen LogP contribution in [0.15, 0.2) is 58.4 Å². The number of nitrogens with one attached hydrogen (secondary N) is 1. The average molecular weight is 481 g/mol. The molecule has 1 aromatic heterocycles. The van der Waals surface area contributed by atoms with E-state index < -0.39 is 11.2 Å². The number of carbonyl (C=O) groups is 2. The van der Waals surface area contributed by atoms with E-state index in [9.17, 15) is 14.4 Å². The number of aromatic amines is 1. The van der Waals surface area contributed by atoms with E-state index in [1.807, 2.05) is 12.1 Å². The van der Waals surface area contributed by atoms with Crippen molar-refractivity contribution >= 4 is 40.6 Å². The van der Waals surface area contributed by atoms with Gasteiger partial charge in [0.15, 0.2) is 0 Å². The highest BCUT2D eigenvalue weighted by Crippen LogP contribution is 2.53. The van der Waals surface area contributed by atoms with Crippen molar-refractivity contribution in [2.24, 2.45) is 5.92 Å². The first kappa shape index (κ1) is 22.0. The number of rotatable bonds is 3. The van der Waals surface area contributed by atoms with E-state index in [1.54, 1.807) is 31.4 Å². The second-order valence-corrected chi connectivity index (χ2v) is 11.5. The van der Waals surface area contributed by atoms with E-state index in [0.717, 1.165) is 21.8 Å². The van der Waals surface area contributed by atoms with Crippen LogP contribution in [-0.4, -0.2) is 29.2 Å². The van der Waals surface area contributed by atoms with Gasteiger partial charge in [-0.2, -0.15) is 0 Å². The van der Waals surface area contributed by atoms with Gasteiger partial charge in [0.2, 0.25) is 11.8 Å². The molecule has 0 radical (unpaired) electrons. The number of amides is 2. The van der Waals surface area contributed by atoms with E-state index in [1.165, 1.54) is 22.2 Å². The van der Waals surface area contributed by atoms with Gasteiger partial charge in [-0.3, -0.25) is 14.4 Å². The van der Waals surface area contributed by atoms with Crippen molar-refractivity contribution in [3.8, 4) is 5.75 Å². The maximum Gasteiger partial charge on any atom is 0.305 e. The molecule has 3 atom stereocenters. The SMILES string of the molecule is COc1ccc(N2C(=O)C3Sc4[nH]c(=O)sc4C(c4ccc(C(C)(C)C)cc4)C3C2=O)cc1. The van der Waals surface area contributed by atoms with E-state index in [-0.39, 0.29) is 28.0 Å². The van der Waals surface area contributed by atoms with Gasteiger partial charge in [0.05, 0.1) is 23.7 Å². The number of benzene rings is 2. The third-order valence-electron chi connectivity index (χ3n) is 6.29. The summed E-state index contributed by atoms with van der Waals surface area (Å²) in [6.45, 7) is 6.45. The standard InChI is InChI=1S/C25H24N2O4S2/c1-25(2,3)14-7-5-13(6-8-14)17-18-20(32-21-19(17)33-24(30)26-21)23(29)27(22(18)28)15-9-11-16(31-4)12-10-15/h5-12,17-18,20H,1-4H3,(H,26,30). The molecule has 0 aliphatic carbocycles. The topological polar surface area (TPSA) is 79.5 Å². The van der Waals surface area contributed by atoms with E-state index in [4.69, 9.17) is 4.74 Å². The largest absolute Gasteiger partial charge is 0.497 e. The number of fused-ring (bicyclic) bond motifs is 2. The Kier molecular flexibility index (Phi) is 5.25. The maximum absolute atomic E-state index is 13.7. The molecule has 33 heavy (non-hydrogen) atoms. The lowest BCUT2D eigenvalue weighted by molar-refractivity contribution is -0.122. The highest BCUT2D eigenvalue weighted by atomic mass is 32.2. The maximum atomic E-state index is 13.7. The van der Waals surface area contributed by atoms with Crippen LogP contribution in [0, 0.1) is 5.92 Å². The lowest BCUT2D eigenvalue weighted by atomic mass is 9.81. The third-order valence-corrected chi connectivity index (χ3v) is 8.69. The first-order chi connectivity index (χ1) is 15.7. The fourth-order valence-corrected chi connectivity index (χ4v) is 7.07. The van der Waals surface area contributed by atoms with Gasteiger partial charge >= 0.3 is 4.87 Å². The quantitative estimate of drug-likeness (QED) is 0.557. The number of imide groups is 1. The molecule has 1 fully saturated rings. The Labute approximate surface area is 200 Å². The predicted molar refractivity (Wildman–Crippen MR) is 131 cm³/mol. The van der Waals surface area contributed by atoms with Crippen LogP contribution >= 0.6 is 23.1 Å². The summed E-state index contributed by atoms with van der Waals surface area (Å²) >= 11 is 2.42. The van der Waals surface area contributed by atoms with Crippen LogP contribution in [0.4, 0.5) is 5.69 Å². The number of thioether (sulfide) groups is 1. The Morgan fingerprint density at radius 3 is 2.21 bits per heavy atom. The van der Waals surface area contributed by atoms with Crippen LogP contribution in [0.1, 0.15) is 42.7 Å². The Morgan fingerprint density at radius 1 is 0.939 bits per heavy atom. The number of ether oxygens (including phenoxy) is 1. The normalized spacial score (nSPS) is 22.3. The van der Waals surface area contributed by atoms with Crippen molar-refractivity contribution in [1.82, 2.24) is 4.98 Å². The van der Waals surface area contributed by atoms with Crippen molar-refractivity contribution in [2.45, 2.75) is 42.4 Å². The van der Waals surface area contributed by atoms with Crippen LogP contribution in [0.3, 0.4) is 0 Å². The van der Waals surface area contributed by atoms with E-state index >= 15 is 0 Å². The second kappa shape index (κ2) is 7.88. The molecule has 2 amide bonds. The molecular formula is C25H24N2O4S2. The average Bonchev–Trinajstić information content (AvgIpc) is 3.28. The lowest BCUT2D eigenvalue weighted by Gasteiger charge is -2.30. The van der Waals surface area contributed by atoms with Crippen LogP contribution in [0.25, 0.3) is 0 Å². The molecule has 6 nitrogen and oxygen atoms in total. The minimum atomic E-state index is -0.593. The second-order valence-electron chi connectivity index (χ2n) is 9.33. The molecule has 0 saturated carbocycles. The van der Waals surface area contributed by atoms with E-state index in [0.29, 0.717) is 16.5 Å². The molecule has 0 spiro atoms. The number of H-pyrrole nitrogens is 1. The summed E-state index contributed by atoms with van der Waals surface area (Å²) in [4.78, 5) is 44.2. The number of thiazole rings is 1. The van der Waals surface area contributed by atoms with Gasteiger partial charge in [-0.1, -0.05) is 68.1 Å². The fraction of sp³-hybridized carbons (Fsp3) is 0.320. The molecule has 5 rings (SSSR count). The number of aromatic nitrogens is 1. The summed E-state index contributed by atoms with van der Waals surface area (Å²) in [7, 11) is 1.57. The van der Waals surface area contributed by atoms with E-state index in [2.05, 4.69) is 37.9 Å². The van der Waals surface area contributed by atoms with Gasteiger partial charge in [-0.25, -0.2) is 4.90 Å². The Bertz CT molecular complexity index is 1290. The third kappa shape index (κ3) is 3.61. The summed E-state index contributed by atoms with van der Waals surface area (Å²) in [6.07, 6.45) is 0. The van der Waals surface area contributed by atoms with Gasteiger partial charge in [0.25, 0.3) is 0 Å². The summed E-state index contributed by atoms with van der Waals surface area (Å²) < 4.78 is 5.21. The number of nitrogens with zero attached hydrogens (tertiary/aromatic N) is 1. The molecular weight excluding hydrogens is 456 g/mol. The molecule has 170 valence electrons. The van der Waals surface area contributed by atoms with Gasteiger partial charge in [0, 0.05) is 10.8 Å². The molecule has 1 saturated heterocycles. The Hall–Kier alpha value is -2.84. The monoisotopic (exact) mass is 480 g/mol. The predicted octanol–water partition coefficient (Wildman–Crippen LogP) is 4.54. The van der Waals surface area contributed by atoms with Crippen molar-refractivity contribution in [3.63, 3.8) is 0 Å². The minimum absolute atomic E-state index is 0.00213. The number of anilines is 1. The molecule has 2 aliphatic rings. The Balaban J connectivity index is 1.59. The molecule has 3 unspecified atom stereocenters. The summed E-state index contributed by atoms with van der Waals surface area (Å²) in [6, 6.07) is 15.1. The van der Waals surface area contributed by atoms with Crippen LogP contribution in [0.2, 0.25) is 0 Å². The van der Waals surface area contributed by atoms with Crippen LogP contribution in [0.5, 0.6) is 5.75 Å². The zero-order valence-corrected chi connectivity index (χ0v) is 20.4. The van der Waals surface area contributed by atoms with Crippen LogP contribution < -0.4 is 14.5 Å². The lowest BCUT2D eigenvalue weighted by Crippen LogP contribution is -2.32. The molecule has 2 aliphatic heterocycles. The van der Waals surface area contributed by atoms with Crippen molar-refractivity contribution in [3.05, 3.63) is 74.2 Å². The van der Waals surface area contributed by atoms with Crippen LogP contribution in [-0.2, 0) is 15.0 Å². The molecule has 3 heterocycles. The molecule has 8 heteroatoms. The minimum Gasteiger partial charge on any atom is -0.497 e. The molecule has 0 bridgehead atoms. The Morgan fingerprint density at radius 2 is 1.61 bits per heavy atom. The van der Waals surface area contributed by atoms with Gasteiger partial charge < -0.3 is 9.72 Å². The molecule has 3 aromatic rings. The zero-order chi connectivity index (χ0) is 23.5. The smallest absolute Gasteiger partial charge is 0.305 e. The first-order valence-corrected chi connectivity index (χ1v) is 12.4. The number of hydrogen-bond donors (Lipinski definition) is 1. The summed E-state index contributed by atoms with van der Waals surface area (Å²) in [5.41, 5.74) is 2.65. The van der Waals surface area contributed by atoms with Gasteiger partial charge in [-0.05, 0) is 40.8 Å². The van der Waals surface area contributed by atoms with Gasteiger partial charge in [0.1, 0.15) is 11.0 Å². The highest BCUT2D eigenvalue weighted by molar-refractivity contribution is 8.00. The van der Waals surface area contributed by atoms with Gasteiger partial charge in [-0.15, -0.1) is 0 Å². The number of methoxy groups -OCH3 is 1. The number of carbonyl (C=O) groups excluding carboxylic acids is 2. The van der Waals surface area contributed by atoms with Crippen molar-refractivity contribution in [1.29, 1.82) is 0 Å². The van der Waals surface area contributed by atoms with Crippen molar-refractivity contribution < 1.29 is 14.3 Å². The summed E-state index contributed by atoms with van der Waals surface area (Å²) in [5.74, 6) is -0.776.